The van der Waals surface area contributed by atoms with Gasteiger partial charge in [-0.05, 0) is 118 Å². The molecule has 0 atom stereocenters. The van der Waals surface area contributed by atoms with Crippen molar-refractivity contribution in [3.63, 3.8) is 0 Å². The van der Waals surface area contributed by atoms with Crippen LogP contribution in [0.4, 0.5) is 0 Å². The molecule has 0 fully saturated rings. The number of para-hydroxylation sites is 3. The van der Waals surface area contributed by atoms with E-state index in [1.807, 2.05) is 0 Å². The van der Waals surface area contributed by atoms with Crippen LogP contribution in [-0.2, 0) is 0 Å². The molecule has 10 aromatic carbocycles. The van der Waals surface area contributed by atoms with E-state index in [1.54, 1.807) is 0 Å². The highest BCUT2D eigenvalue weighted by atomic mass is 15.0. The molecule has 0 saturated heterocycles. The predicted molar refractivity (Wildman–Crippen MR) is 258 cm³/mol. The van der Waals surface area contributed by atoms with Crippen molar-refractivity contribution < 1.29 is 0 Å². The molecule has 0 aliphatic heterocycles. The van der Waals surface area contributed by atoms with Gasteiger partial charge in [0, 0.05) is 49.4 Å². The van der Waals surface area contributed by atoms with Gasteiger partial charge in [-0.2, -0.15) is 0 Å². The van der Waals surface area contributed by atoms with Crippen molar-refractivity contribution in [2.24, 2.45) is 0 Å². The summed E-state index contributed by atoms with van der Waals surface area (Å²) < 4.78 is 7.31. The third-order valence-corrected chi connectivity index (χ3v) is 12.8. The summed E-state index contributed by atoms with van der Waals surface area (Å²) >= 11 is 0. The Morgan fingerprint density at radius 2 is 0.689 bits per heavy atom. The molecule has 0 spiro atoms. The van der Waals surface area contributed by atoms with Gasteiger partial charge in [-0.1, -0.05) is 140 Å². The summed E-state index contributed by atoms with van der Waals surface area (Å²) in [6, 6.07) is 82.3. The van der Waals surface area contributed by atoms with Gasteiger partial charge in [0.15, 0.2) is 0 Å². The van der Waals surface area contributed by atoms with Crippen LogP contribution in [0.5, 0.6) is 0 Å². The van der Waals surface area contributed by atoms with Crippen LogP contribution in [-0.4, -0.2) is 13.7 Å². The first-order valence-electron chi connectivity index (χ1n) is 21.0. The van der Waals surface area contributed by atoms with Gasteiger partial charge in [0.25, 0.3) is 0 Å². The molecule has 3 heterocycles. The van der Waals surface area contributed by atoms with Gasteiger partial charge in [0.2, 0.25) is 0 Å². The average Bonchev–Trinajstić information content (AvgIpc) is 3.97. The quantitative estimate of drug-likeness (QED) is 0.165. The number of nitrogens with zero attached hydrogens (tertiary/aromatic N) is 3. The van der Waals surface area contributed by atoms with Crippen molar-refractivity contribution >= 4 is 76.2 Å². The first-order valence-corrected chi connectivity index (χ1v) is 21.0. The van der Waals surface area contributed by atoms with Gasteiger partial charge in [-0.15, -0.1) is 0 Å². The zero-order valence-electron chi connectivity index (χ0n) is 33.2. The van der Waals surface area contributed by atoms with Crippen molar-refractivity contribution in [1.29, 1.82) is 0 Å². The van der Waals surface area contributed by atoms with Crippen LogP contribution in [0, 0.1) is 0 Å². The topological polar surface area (TPSA) is 14.8 Å². The first kappa shape index (κ1) is 33.8. The molecule has 3 nitrogen and oxygen atoms in total. The molecule has 0 saturated carbocycles. The predicted octanol–water partition coefficient (Wildman–Crippen LogP) is 15.5. The normalized spacial score (nSPS) is 11.9. The maximum atomic E-state index is 2.47. The fourth-order valence-electron chi connectivity index (χ4n) is 10.1. The van der Waals surface area contributed by atoms with E-state index in [2.05, 4.69) is 238 Å². The average molecular weight is 776 g/mol. The molecule has 0 bridgehead atoms. The fourth-order valence-corrected chi connectivity index (χ4v) is 10.1. The van der Waals surface area contributed by atoms with E-state index >= 15 is 0 Å². The SMILES string of the molecule is c1ccc(-c2cccc(-n3c4ccc(-c5ccc6c(c5)c5ccccc5n6-c5ccc6ccccc6c5)cc4c4c5c6ccccc6n(-c6ccccc6)c5ccc43)c2)cc1. The Morgan fingerprint density at radius 1 is 0.213 bits per heavy atom. The second-order valence-corrected chi connectivity index (χ2v) is 16.1. The van der Waals surface area contributed by atoms with Crippen molar-refractivity contribution in [3.05, 3.63) is 224 Å². The molecule has 3 aromatic heterocycles. The lowest BCUT2D eigenvalue weighted by atomic mass is 9.99. The number of fused-ring (bicyclic) bond motifs is 11. The van der Waals surface area contributed by atoms with Crippen LogP contribution in [0.25, 0.3) is 116 Å². The van der Waals surface area contributed by atoms with Crippen molar-refractivity contribution in [3.8, 4) is 39.3 Å². The van der Waals surface area contributed by atoms with Crippen LogP contribution in [0.15, 0.2) is 224 Å². The number of benzene rings is 10. The highest BCUT2D eigenvalue weighted by molar-refractivity contribution is 6.29. The van der Waals surface area contributed by atoms with Crippen molar-refractivity contribution in [2.45, 2.75) is 0 Å². The van der Waals surface area contributed by atoms with Gasteiger partial charge < -0.3 is 13.7 Å². The maximum Gasteiger partial charge on any atom is 0.0548 e. The van der Waals surface area contributed by atoms with E-state index < -0.39 is 0 Å². The molecule has 3 heteroatoms. The minimum atomic E-state index is 1.14. The molecule has 13 rings (SSSR count). The smallest absolute Gasteiger partial charge is 0.0548 e. The van der Waals surface area contributed by atoms with Crippen LogP contribution < -0.4 is 0 Å². The number of aromatic nitrogens is 3. The summed E-state index contributed by atoms with van der Waals surface area (Å²) in [5.41, 5.74) is 15.4. The summed E-state index contributed by atoms with van der Waals surface area (Å²) in [6.07, 6.45) is 0. The van der Waals surface area contributed by atoms with E-state index in [0.717, 1.165) is 11.4 Å². The Kier molecular flexibility index (Phi) is 7.31. The number of rotatable bonds is 5. The lowest BCUT2D eigenvalue weighted by Gasteiger charge is -2.11. The second kappa shape index (κ2) is 13.2. The van der Waals surface area contributed by atoms with E-state index in [0.29, 0.717) is 0 Å². The third kappa shape index (κ3) is 5.11. The van der Waals surface area contributed by atoms with Gasteiger partial charge >= 0.3 is 0 Å². The molecule has 61 heavy (non-hydrogen) atoms. The molecular formula is C58H37N3. The highest BCUT2D eigenvalue weighted by Gasteiger charge is 2.22. The van der Waals surface area contributed by atoms with Crippen LogP contribution >= 0.6 is 0 Å². The summed E-state index contributed by atoms with van der Waals surface area (Å²) in [4.78, 5) is 0. The van der Waals surface area contributed by atoms with Crippen LogP contribution in [0.2, 0.25) is 0 Å². The molecule has 284 valence electrons. The highest BCUT2D eigenvalue weighted by Crippen LogP contribution is 2.44. The van der Waals surface area contributed by atoms with E-state index in [4.69, 9.17) is 0 Å². The number of hydrogen-bond acceptors (Lipinski definition) is 0. The van der Waals surface area contributed by atoms with E-state index in [-0.39, 0.29) is 0 Å². The largest absolute Gasteiger partial charge is 0.309 e. The number of hydrogen-bond donors (Lipinski definition) is 0. The van der Waals surface area contributed by atoms with Gasteiger partial charge in [0.05, 0.1) is 33.1 Å². The molecule has 0 amide bonds. The summed E-state index contributed by atoms with van der Waals surface area (Å²) in [5.74, 6) is 0. The zero-order chi connectivity index (χ0) is 40.0. The van der Waals surface area contributed by atoms with Crippen molar-refractivity contribution in [2.75, 3.05) is 0 Å². The van der Waals surface area contributed by atoms with Crippen LogP contribution in [0.3, 0.4) is 0 Å². The molecule has 0 N–H and O–H groups in total. The van der Waals surface area contributed by atoms with E-state index in [1.165, 1.54) is 104 Å². The molecule has 0 aliphatic rings. The molecular weight excluding hydrogens is 739 g/mol. The summed E-state index contributed by atoms with van der Waals surface area (Å²) in [7, 11) is 0. The lowest BCUT2D eigenvalue weighted by Crippen LogP contribution is -1.95. The van der Waals surface area contributed by atoms with E-state index in [9.17, 15) is 0 Å². The molecule has 0 radical (unpaired) electrons. The minimum Gasteiger partial charge on any atom is -0.309 e. The van der Waals surface area contributed by atoms with Crippen LogP contribution in [0.1, 0.15) is 0 Å². The standard InChI is InChI=1S/C58H37N3/c1-3-14-38(15-4-1)41-18-13-21-45(34-41)61-54-31-28-43(37-50(54)58-56(61)33-32-55-57(58)48-23-10-12-25-52(48)59(55)44-19-5-2-6-20-44)42-27-30-53-49(36-42)47-22-9-11-24-51(47)60(53)46-29-26-39-16-7-8-17-40(39)35-46/h1-37H. The minimum absolute atomic E-state index is 1.14. The monoisotopic (exact) mass is 775 g/mol. The van der Waals surface area contributed by atoms with Gasteiger partial charge in [0.1, 0.15) is 0 Å². The lowest BCUT2D eigenvalue weighted by molar-refractivity contribution is 1.17. The third-order valence-electron chi connectivity index (χ3n) is 12.8. The molecule has 0 unspecified atom stereocenters. The Hall–Kier alpha value is -8.14. The maximum absolute atomic E-state index is 2.47. The van der Waals surface area contributed by atoms with Gasteiger partial charge in [-0.25, -0.2) is 0 Å². The molecule has 13 aromatic rings. The summed E-state index contributed by atoms with van der Waals surface area (Å²) in [6.45, 7) is 0. The Bertz CT molecular complexity index is 3860. The Labute approximate surface area is 352 Å². The fraction of sp³-hybridized carbons (Fsp3) is 0. The molecule has 0 aliphatic carbocycles. The summed E-state index contributed by atoms with van der Waals surface area (Å²) in [5, 5.41) is 9.99. The van der Waals surface area contributed by atoms with Gasteiger partial charge in [-0.3, -0.25) is 0 Å². The zero-order valence-corrected chi connectivity index (χ0v) is 33.2. The Balaban J connectivity index is 1.08. The second-order valence-electron chi connectivity index (χ2n) is 16.1. The van der Waals surface area contributed by atoms with Crippen molar-refractivity contribution in [1.82, 2.24) is 13.7 Å². The Morgan fingerprint density at radius 3 is 1.46 bits per heavy atom. The first-order chi connectivity index (χ1) is 30.3.